The summed E-state index contributed by atoms with van der Waals surface area (Å²) < 4.78 is 4.77. The molecule has 1 aromatic carbocycles. The minimum atomic E-state index is -0.587. The zero-order chi connectivity index (χ0) is 15.7. The Hall–Kier alpha value is -2.85. The number of nitrogens with two attached hydrogens (primary N) is 1. The van der Waals surface area contributed by atoms with E-state index in [9.17, 15) is 9.59 Å². The largest absolute Gasteiger partial charge is 0.398 e. The monoisotopic (exact) mass is 288 g/mol. The van der Waals surface area contributed by atoms with Gasteiger partial charge < -0.3 is 21.1 Å². The summed E-state index contributed by atoms with van der Waals surface area (Å²) in [7, 11) is 1.50. The number of nitriles is 1. The van der Waals surface area contributed by atoms with E-state index < -0.39 is 11.8 Å². The first-order valence-corrected chi connectivity index (χ1v) is 6.13. The molecule has 110 valence electrons. The van der Waals surface area contributed by atoms with Gasteiger partial charge >= 0.3 is 0 Å². The third kappa shape index (κ3) is 4.97. The number of benzene rings is 1. The van der Waals surface area contributed by atoms with Crippen LogP contribution in [0.2, 0.25) is 0 Å². The van der Waals surface area contributed by atoms with Crippen LogP contribution in [-0.4, -0.2) is 32.1 Å². The predicted octanol–water partition coefficient (Wildman–Crippen LogP) is 0.169. The average molecular weight is 288 g/mol. The molecule has 0 heterocycles. The molecule has 7 nitrogen and oxygen atoms in total. The van der Waals surface area contributed by atoms with E-state index in [4.69, 9.17) is 15.7 Å². The van der Waals surface area contributed by atoms with E-state index in [2.05, 4.69) is 10.6 Å². The highest BCUT2D eigenvalue weighted by atomic mass is 16.5. The molecule has 21 heavy (non-hydrogen) atoms. The highest BCUT2D eigenvalue weighted by Crippen LogP contribution is 2.09. The van der Waals surface area contributed by atoms with Gasteiger partial charge in [0, 0.05) is 25.5 Å². The molecule has 2 amide bonds. The van der Waals surface area contributed by atoms with Crippen molar-refractivity contribution in [1.82, 2.24) is 10.6 Å². The molecule has 0 radical (unpaired) electrons. The van der Waals surface area contributed by atoms with Crippen molar-refractivity contribution in [1.29, 1.82) is 5.26 Å². The maximum Gasteiger partial charge on any atom is 0.263 e. The summed E-state index contributed by atoms with van der Waals surface area (Å²) in [4.78, 5) is 23.5. The lowest BCUT2D eigenvalue weighted by atomic mass is 10.1. The molecule has 0 aromatic heterocycles. The predicted molar refractivity (Wildman–Crippen MR) is 76.9 cm³/mol. The van der Waals surface area contributed by atoms with Crippen LogP contribution in [0, 0.1) is 11.3 Å². The Kier molecular flexibility index (Phi) is 6.44. The summed E-state index contributed by atoms with van der Waals surface area (Å²) in [5.41, 5.74) is 6.03. The number of para-hydroxylation sites is 1. The SMILES string of the molecule is COCCNC(=O)/C(C#N)=C\NC(=O)c1ccccc1N. The molecule has 0 aliphatic carbocycles. The molecule has 0 atom stereocenters. The third-order valence-electron chi connectivity index (χ3n) is 2.51. The van der Waals surface area contributed by atoms with Gasteiger partial charge in [-0.2, -0.15) is 5.26 Å². The van der Waals surface area contributed by atoms with Crippen LogP contribution in [0.25, 0.3) is 0 Å². The van der Waals surface area contributed by atoms with Gasteiger partial charge in [-0.1, -0.05) is 12.1 Å². The normalized spacial score (nSPS) is 10.6. The van der Waals surface area contributed by atoms with Crippen molar-refractivity contribution in [2.45, 2.75) is 0 Å². The van der Waals surface area contributed by atoms with Crippen LogP contribution in [-0.2, 0) is 9.53 Å². The highest BCUT2D eigenvalue weighted by molar-refractivity contribution is 6.01. The number of nitrogens with one attached hydrogen (secondary N) is 2. The Morgan fingerprint density at radius 2 is 2.14 bits per heavy atom. The van der Waals surface area contributed by atoms with E-state index in [1.165, 1.54) is 7.11 Å². The van der Waals surface area contributed by atoms with Gasteiger partial charge in [0.15, 0.2) is 0 Å². The molecule has 0 aliphatic heterocycles. The summed E-state index contributed by atoms with van der Waals surface area (Å²) in [5, 5.41) is 13.7. The number of rotatable bonds is 6. The summed E-state index contributed by atoms with van der Waals surface area (Å²) >= 11 is 0. The van der Waals surface area contributed by atoms with E-state index in [-0.39, 0.29) is 17.7 Å². The molecule has 0 saturated carbocycles. The standard InChI is InChI=1S/C14H16N4O3/c1-21-7-6-17-13(19)10(8-15)9-18-14(20)11-4-2-3-5-12(11)16/h2-5,9H,6-7,16H2,1H3,(H,17,19)(H,18,20)/b10-9-. The van der Waals surface area contributed by atoms with Gasteiger partial charge in [-0.25, -0.2) is 0 Å². The molecule has 4 N–H and O–H groups in total. The molecule has 1 aromatic rings. The molecule has 0 unspecified atom stereocenters. The van der Waals surface area contributed by atoms with Crippen LogP contribution in [0.3, 0.4) is 0 Å². The lowest BCUT2D eigenvalue weighted by Crippen LogP contribution is -2.29. The second-order valence-corrected chi connectivity index (χ2v) is 3.98. The first-order chi connectivity index (χ1) is 10.1. The number of nitrogen functional groups attached to an aromatic ring is 1. The molecule has 0 bridgehead atoms. The second-order valence-electron chi connectivity index (χ2n) is 3.98. The van der Waals surface area contributed by atoms with Gasteiger partial charge in [-0.05, 0) is 12.1 Å². The van der Waals surface area contributed by atoms with Crippen molar-refractivity contribution < 1.29 is 14.3 Å². The fourth-order valence-corrected chi connectivity index (χ4v) is 1.43. The van der Waals surface area contributed by atoms with Crippen LogP contribution in [0.1, 0.15) is 10.4 Å². The molecule has 0 saturated heterocycles. The van der Waals surface area contributed by atoms with Gasteiger partial charge in [0.2, 0.25) is 0 Å². The second kappa shape index (κ2) is 8.35. The molecule has 1 rings (SSSR count). The summed E-state index contributed by atoms with van der Waals surface area (Å²) in [6, 6.07) is 8.21. The van der Waals surface area contributed by atoms with E-state index in [1.807, 2.05) is 0 Å². The lowest BCUT2D eigenvalue weighted by molar-refractivity contribution is -0.117. The van der Waals surface area contributed by atoms with Crippen LogP contribution < -0.4 is 16.4 Å². The van der Waals surface area contributed by atoms with Crippen molar-refractivity contribution >= 4 is 17.5 Å². The minimum absolute atomic E-state index is 0.214. The molecule has 0 spiro atoms. The number of amides is 2. The molecule has 7 heteroatoms. The third-order valence-corrected chi connectivity index (χ3v) is 2.51. The topological polar surface area (TPSA) is 117 Å². The van der Waals surface area contributed by atoms with Gasteiger partial charge in [0.05, 0.1) is 12.2 Å². The Balaban J connectivity index is 2.69. The molecule has 0 aliphatic rings. The van der Waals surface area contributed by atoms with Crippen molar-refractivity contribution in [3.05, 3.63) is 41.6 Å². The van der Waals surface area contributed by atoms with E-state index >= 15 is 0 Å². The van der Waals surface area contributed by atoms with Crippen LogP contribution in [0.5, 0.6) is 0 Å². The number of carbonyl (C=O) groups is 2. The fourth-order valence-electron chi connectivity index (χ4n) is 1.43. The first kappa shape index (κ1) is 16.2. The number of ether oxygens (including phenoxy) is 1. The quantitative estimate of drug-likeness (QED) is 0.298. The zero-order valence-corrected chi connectivity index (χ0v) is 11.6. The van der Waals surface area contributed by atoms with Crippen molar-refractivity contribution in [3.8, 4) is 6.07 Å². The number of nitrogens with zero attached hydrogens (tertiary/aromatic N) is 1. The summed E-state index contributed by atoms with van der Waals surface area (Å²) in [5.74, 6) is -1.08. The maximum atomic E-state index is 11.9. The summed E-state index contributed by atoms with van der Waals surface area (Å²) in [6.07, 6.45) is 1.05. The van der Waals surface area contributed by atoms with Crippen molar-refractivity contribution in [3.63, 3.8) is 0 Å². The average Bonchev–Trinajstić information content (AvgIpc) is 2.48. The Morgan fingerprint density at radius 1 is 1.43 bits per heavy atom. The van der Waals surface area contributed by atoms with Gasteiger partial charge in [0.1, 0.15) is 11.6 Å². The summed E-state index contributed by atoms with van der Waals surface area (Å²) in [6.45, 7) is 0.602. The fraction of sp³-hybridized carbons (Fsp3) is 0.214. The Labute approximate surface area is 122 Å². The number of hydrogen-bond acceptors (Lipinski definition) is 5. The van der Waals surface area contributed by atoms with E-state index in [0.717, 1.165) is 6.20 Å². The van der Waals surface area contributed by atoms with E-state index in [1.54, 1.807) is 30.3 Å². The maximum absolute atomic E-state index is 11.9. The van der Waals surface area contributed by atoms with Crippen molar-refractivity contribution in [2.24, 2.45) is 0 Å². The first-order valence-electron chi connectivity index (χ1n) is 6.13. The van der Waals surface area contributed by atoms with E-state index in [0.29, 0.717) is 12.3 Å². The highest BCUT2D eigenvalue weighted by Gasteiger charge is 2.11. The minimum Gasteiger partial charge on any atom is -0.398 e. The zero-order valence-electron chi connectivity index (χ0n) is 11.6. The number of carbonyl (C=O) groups excluding carboxylic acids is 2. The molecular formula is C14H16N4O3. The van der Waals surface area contributed by atoms with Crippen molar-refractivity contribution in [2.75, 3.05) is 26.0 Å². The number of methoxy groups -OCH3 is 1. The van der Waals surface area contributed by atoms with Crippen LogP contribution in [0.15, 0.2) is 36.0 Å². The van der Waals surface area contributed by atoms with Gasteiger partial charge in [-0.15, -0.1) is 0 Å². The number of anilines is 1. The molecular weight excluding hydrogens is 272 g/mol. The van der Waals surface area contributed by atoms with Gasteiger partial charge in [0.25, 0.3) is 11.8 Å². The van der Waals surface area contributed by atoms with Gasteiger partial charge in [-0.3, -0.25) is 9.59 Å². The Morgan fingerprint density at radius 3 is 2.76 bits per heavy atom. The smallest absolute Gasteiger partial charge is 0.263 e. The molecule has 0 fully saturated rings. The number of hydrogen-bond donors (Lipinski definition) is 3. The van der Waals surface area contributed by atoms with Crippen LogP contribution in [0.4, 0.5) is 5.69 Å². The van der Waals surface area contributed by atoms with Crippen LogP contribution >= 0.6 is 0 Å². The Bertz CT molecular complexity index is 590. The lowest BCUT2D eigenvalue weighted by Gasteiger charge is -2.05.